The van der Waals surface area contributed by atoms with Crippen LogP contribution in [0.3, 0.4) is 0 Å². The predicted molar refractivity (Wildman–Crippen MR) is 117 cm³/mol. The predicted octanol–water partition coefficient (Wildman–Crippen LogP) is 2.84. The van der Waals surface area contributed by atoms with Crippen LogP contribution in [0.15, 0.2) is 12.4 Å². The highest BCUT2D eigenvalue weighted by molar-refractivity contribution is 7.80. The van der Waals surface area contributed by atoms with E-state index in [1.54, 1.807) is 4.90 Å². The number of rotatable bonds is 3. The molecule has 2 saturated heterocycles. The minimum absolute atomic E-state index is 0.247. The van der Waals surface area contributed by atoms with Gasteiger partial charge in [0.25, 0.3) is 0 Å². The van der Waals surface area contributed by atoms with Gasteiger partial charge in [0.1, 0.15) is 5.60 Å². The van der Waals surface area contributed by atoms with Gasteiger partial charge in [0, 0.05) is 36.7 Å². The molecule has 1 amide bonds. The molecule has 0 aliphatic carbocycles. The molecule has 29 heavy (non-hydrogen) atoms. The molecule has 0 saturated carbocycles. The number of ether oxygens (including phenoxy) is 1. The van der Waals surface area contributed by atoms with E-state index in [0.29, 0.717) is 18.8 Å². The van der Waals surface area contributed by atoms with E-state index in [-0.39, 0.29) is 22.8 Å². The zero-order valence-electron chi connectivity index (χ0n) is 18.7. The summed E-state index contributed by atoms with van der Waals surface area (Å²) in [6.45, 7) is 15.0. The van der Waals surface area contributed by atoms with Crippen LogP contribution < -0.4 is 5.46 Å². The highest BCUT2D eigenvalue weighted by atomic mass is 32.1. The molecule has 0 atom stereocenters. The largest absolute Gasteiger partial charge is 0.498 e. The number of nitrogens with zero attached hydrogens (tertiary/aromatic N) is 3. The topological polar surface area (TPSA) is 65.8 Å². The van der Waals surface area contributed by atoms with E-state index >= 15 is 0 Å². The Morgan fingerprint density at radius 1 is 1.21 bits per heavy atom. The van der Waals surface area contributed by atoms with E-state index in [4.69, 9.17) is 14.0 Å². The Kier molecular flexibility index (Phi) is 5.82. The number of carbonyl (C=O) groups is 1. The van der Waals surface area contributed by atoms with Gasteiger partial charge < -0.3 is 18.9 Å². The summed E-state index contributed by atoms with van der Waals surface area (Å²) in [5.41, 5.74) is -0.614. The van der Waals surface area contributed by atoms with Crippen LogP contribution >= 0.6 is 12.6 Å². The second-order valence-electron chi connectivity index (χ2n) is 10.2. The molecular formula is C20H34BN3O4S. The number of amides is 1. The fourth-order valence-electron chi connectivity index (χ4n) is 3.59. The van der Waals surface area contributed by atoms with Gasteiger partial charge in [0.05, 0.1) is 16.7 Å². The van der Waals surface area contributed by atoms with Crippen LogP contribution in [0.4, 0.5) is 4.79 Å². The highest BCUT2D eigenvalue weighted by Crippen LogP contribution is 2.37. The monoisotopic (exact) mass is 423 g/mol. The zero-order chi connectivity index (χ0) is 21.7. The fourth-order valence-corrected chi connectivity index (χ4v) is 4.05. The van der Waals surface area contributed by atoms with Crippen LogP contribution in [-0.4, -0.2) is 63.5 Å². The molecule has 7 nitrogen and oxygen atoms in total. The fraction of sp³-hybridized carbons (Fsp3) is 0.800. The normalized spacial score (nSPS) is 23.3. The second-order valence-corrected chi connectivity index (χ2v) is 10.5. The van der Waals surface area contributed by atoms with Gasteiger partial charge in [-0.15, -0.1) is 0 Å². The van der Waals surface area contributed by atoms with Crippen LogP contribution in [0.1, 0.15) is 61.3 Å². The van der Waals surface area contributed by atoms with E-state index in [0.717, 1.165) is 18.3 Å². The van der Waals surface area contributed by atoms with Gasteiger partial charge >= 0.3 is 13.2 Å². The van der Waals surface area contributed by atoms with Gasteiger partial charge in [-0.2, -0.15) is 17.7 Å². The summed E-state index contributed by atoms with van der Waals surface area (Å²) >= 11 is 4.63. The maximum absolute atomic E-state index is 12.4. The minimum atomic E-state index is -0.491. The summed E-state index contributed by atoms with van der Waals surface area (Å²) < 4.78 is 19.8. The van der Waals surface area contributed by atoms with Gasteiger partial charge in [-0.05, 0) is 61.3 Å². The van der Waals surface area contributed by atoms with Crippen molar-refractivity contribution in [2.75, 3.05) is 18.8 Å². The van der Waals surface area contributed by atoms with Gasteiger partial charge in [-0.1, -0.05) is 0 Å². The standard InChI is InChI=1S/C20H34BN3O4S/c1-17(2,3)26-16(25)23-10-8-20(14-29,9-11-23)24-13-15(12-22-24)21-27-18(4,5)19(6,7)28-21/h12-13,29H,8-11,14H2,1-7H3. The molecule has 3 heterocycles. The second kappa shape index (κ2) is 7.50. The Bertz CT molecular complexity index is 735. The summed E-state index contributed by atoms with van der Waals surface area (Å²) in [7, 11) is -0.437. The first-order chi connectivity index (χ1) is 13.3. The molecule has 2 aliphatic rings. The molecule has 3 rings (SSSR count). The Morgan fingerprint density at radius 2 is 1.76 bits per heavy atom. The zero-order valence-corrected chi connectivity index (χ0v) is 19.6. The lowest BCUT2D eigenvalue weighted by molar-refractivity contribution is 0.00578. The van der Waals surface area contributed by atoms with Gasteiger partial charge in [0.2, 0.25) is 0 Å². The number of carbonyl (C=O) groups excluding carboxylic acids is 1. The van der Waals surface area contributed by atoms with E-state index in [9.17, 15) is 4.79 Å². The van der Waals surface area contributed by atoms with Crippen molar-refractivity contribution >= 4 is 31.3 Å². The molecule has 0 bridgehead atoms. The third-order valence-corrected chi connectivity index (χ3v) is 6.84. The van der Waals surface area contributed by atoms with E-state index in [1.807, 2.05) is 65.5 Å². The van der Waals surface area contributed by atoms with Crippen molar-refractivity contribution in [2.45, 2.75) is 83.6 Å². The molecule has 0 aromatic carbocycles. The molecule has 0 radical (unpaired) electrons. The Balaban J connectivity index is 1.70. The lowest BCUT2D eigenvalue weighted by Gasteiger charge is -2.41. The van der Waals surface area contributed by atoms with Crippen molar-refractivity contribution < 1.29 is 18.8 Å². The van der Waals surface area contributed by atoms with Crippen LogP contribution in [0.25, 0.3) is 0 Å². The smallest absolute Gasteiger partial charge is 0.444 e. The van der Waals surface area contributed by atoms with E-state index in [2.05, 4.69) is 17.7 Å². The van der Waals surface area contributed by atoms with Gasteiger partial charge in [-0.3, -0.25) is 4.68 Å². The molecule has 1 aromatic rings. The first-order valence-corrected chi connectivity index (χ1v) is 10.9. The summed E-state index contributed by atoms with van der Waals surface area (Å²) in [5, 5.41) is 4.63. The Morgan fingerprint density at radius 3 is 2.24 bits per heavy atom. The van der Waals surface area contributed by atoms with Crippen molar-refractivity contribution in [3.8, 4) is 0 Å². The molecular weight excluding hydrogens is 389 g/mol. The number of aromatic nitrogens is 2. The third kappa shape index (κ3) is 4.46. The molecule has 2 aliphatic heterocycles. The average Bonchev–Trinajstić information content (AvgIpc) is 3.17. The number of hydrogen-bond acceptors (Lipinski definition) is 6. The SMILES string of the molecule is CC(C)(C)OC(=O)N1CCC(CS)(n2cc(B3OC(C)(C)C(C)(C)O3)cn2)CC1. The number of thiol groups is 1. The summed E-state index contributed by atoms with van der Waals surface area (Å²) in [6.07, 6.45) is 5.08. The van der Waals surface area contributed by atoms with Crippen LogP contribution in [0.2, 0.25) is 0 Å². The summed E-state index contributed by atoms with van der Waals surface area (Å²) in [6, 6.07) is 0. The number of piperidine rings is 1. The minimum Gasteiger partial charge on any atom is -0.444 e. The highest BCUT2D eigenvalue weighted by Gasteiger charge is 2.52. The van der Waals surface area contributed by atoms with Crippen LogP contribution in [-0.2, 0) is 19.6 Å². The quantitative estimate of drug-likeness (QED) is 0.598. The first-order valence-electron chi connectivity index (χ1n) is 10.3. The molecule has 0 spiro atoms. The molecule has 1 aromatic heterocycles. The lowest BCUT2D eigenvalue weighted by atomic mass is 9.81. The van der Waals surface area contributed by atoms with Crippen molar-refractivity contribution in [2.24, 2.45) is 0 Å². The van der Waals surface area contributed by atoms with Crippen molar-refractivity contribution in [1.82, 2.24) is 14.7 Å². The molecule has 162 valence electrons. The summed E-state index contributed by atoms with van der Waals surface area (Å²) in [5.74, 6) is 0.639. The maximum Gasteiger partial charge on any atom is 0.498 e. The third-order valence-electron chi connectivity index (χ3n) is 6.25. The van der Waals surface area contributed by atoms with Crippen molar-refractivity contribution in [3.63, 3.8) is 0 Å². The number of hydrogen-bond donors (Lipinski definition) is 1. The van der Waals surface area contributed by atoms with E-state index in [1.165, 1.54) is 0 Å². The van der Waals surface area contributed by atoms with Gasteiger partial charge in [-0.25, -0.2) is 4.79 Å². The number of likely N-dealkylation sites (tertiary alicyclic amines) is 1. The Hall–Kier alpha value is -1.19. The van der Waals surface area contributed by atoms with Gasteiger partial charge in [0.15, 0.2) is 0 Å². The van der Waals surface area contributed by atoms with Crippen LogP contribution in [0, 0.1) is 0 Å². The average molecular weight is 423 g/mol. The molecule has 2 fully saturated rings. The van der Waals surface area contributed by atoms with Crippen molar-refractivity contribution in [3.05, 3.63) is 12.4 Å². The molecule has 0 unspecified atom stereocenters. The van der Waals surface area contributed by atoms with Crippen molar-refractivity contribution in [1.29, 1.82) is 0 Å². The van der Waals surface area contributed by atoms with E-state index < -0.39 is 12.7 Å². The maximum atomic E-state index is 12.4. The molecule has 9 heteroatoms. The molecule has 0 N–H and O–H groups in total. The Labute approximate surface area is 180 Å². The first kappa shape index (κ1) is 22.5. The summed E-state index contributed by atoms with van der Waals surface area (Å²) in [4.78, 5) is 14.1. The lowest BCUT2D eigenvalue weighted by Crippen LogP contribution is -2.50. The van der Waals surface area contributed by atoms with Crippen LogP contribution in [0.5, 0.6) is 0 Å².